The highest BCUT2D eigenvalue weighted by atomic mass is 16.7. The van der Waals surface area contributed by atoms with Crippen molar-refractivity contribution < 1.29 is 39.4 Å². The number of rotatable bonds is 4. The lowest BCUT2D eigenvalue weighted by atomic mass is 9.99. The van der Waals surface area contributed by atoms with Gasteiger partial charge in [-0.3, -0.25) is 4.79 Å². The fraction of sp³-hybridized carbons (Fsp3) is 0.286. The van der Waals surface area contributed by atoms with Crippen LogP contribution in [-0.2, 0) is 4.74 Å². The summed E-state index contributed by atoms with van der Waals surface area (Å²) in [5.74, 6) is -0.658. The second-order valence-electron chi connectivity index (χ2n) is 6.92. The predicted octanol–water partition coefficient (Wildman–Crippen LogP) is 0.344. The molecule has 0 amide bonds. The normalized spacial score (nSPS) is 26.6. The number of phenols is 1. The molecule has 0 aliphatic carbocycles. The third-order valence-electron chi connectivity index (χ3n) is 4.97. The average Bonchev–Trinajstić information content (AvgIpc) is 2.76. The minimum Gasteiger partial charge on any atom is -0.507 e. The van der Waals surface area contributed by atoms with Crippen molar-refractivity contribution in [2.75, 3.05) is 6.61 Å². The van der Waals surface area contributed by atoms with Gasteiger partial charge in [0.15, 0.2) is 5.76 Å². The Morgan fingerprint density at radius 1 is 0.933 bits per heavy atom. The molecule has 2 aromatic carbocycles. The van der Waals surface area contributed by atoms with Crippen LogP contribution >= 0.6 is 0 Å². The summed E-state index contributed by atoms with van der Waals surface area (Å²) in [7, 11) is 0. The standard InChI is InChI=1S/C21H20O9/c22-9-13-15(24)17(26)18(27)21(29-13)30-20-16(25)14-11(23)7-4-8-12(14)28-19(20)10-5-2-1-3-6-10/h1-8,13,15,17-18,21-24,26-27H,9H2/t13-,15-,17+,18+,21?/m1/s1. The van der Waals surface area contributed by atoms with Gasteiger partial charge in [0, 0.05) is 5.56 Å². The number of hydrogen-bond acceptors (Lipinski definition) is 9. The van der Waals surface area contributed by atoms with E-state index in [2.05, 4.69) is 0 Å². The molecule has 1 aliphatic heterocycles. The van der Waals surface area contributed by atoms with Crippen LogP contribution in [0.2, 0.25) is 0 Å². The molecule has 0 spiro atoms. The van der Waals surface area contributed by atoms with Gasteiger partial charge in [0.25, 0.3) is 0 Å². The number of phenolic OH excluding ortho intramolecular Hbond substituents is 1. The molecule has 1 saturated heterocycles. The Hall–Kier alpha value is -2.95. The Morgan fingerprint density at radius 2 is 1.67 bits per heavy atom. The Balaban J connectivity index is 1.86. The van der Waals surface area contributed by atoms with Crippen molar-refractivity contribution in [3.63, 3.8) is 0 Å². The van der Waals surface area contributed by atoms with Gasteiger partial charge in [-0.25, -0.2) is 0 Å². The van der Waals surface area contributed by atoms with E-state index in [1.807, 2.05) is 0 Å². The first-order valence-corrected chi connectivity index (χ1v) is 9.23. The van der Waals surface area contributed by atoms with Crippen LogP contribution in [0.25, 0.3) is 22.3 Å². The molecule has 1 unspecified atom stereocenters. The van der Waals surface area contributed by atoms with E-state index in [9.17, 15) is 30.3 Å². The maximum absolute atomic E-state index is 13.2. The molecule has 2 heterocycles. The molecule has 0 bridgehead atoms. The smallest absolute Gasteiger partial charge is 0.239 e. The maximum Gasteiger partial charge on any atom is 0.239 e. The topological polar surface area (TPSA) is 150 Å². The first-order valence-electron chi connectivity index (χ1n) is 9.23. The molecule has 9 nitrogen and oxygen atoms in total. The van der Waals surface area contributed by atoms with Crippen LogP contribution in [0.3, 0.4) is 0 Å². The van der Waals surface area contributed by atoms with Crippen molar-refractivity contribution in [2.45, 2.75) is 30.7 Å². The number of aliphatic hydroxyl groups excluding tert-OH is 4. The molecule has 1 aliphatic rings. The van der Waals surface area contributed by atoms with Gasteiger partial charge in [0.2, 0.25) is 17.5 Å². The minimum atomic E-state index is -1.72. The van der Waals surface area contributed by atoms with Gasteiger partial charge in [-0.2, -0.15) is 0 Å². The number of aliphatic hydroxyl groups is 4. The number of benzene rings is 2. The van der Waals surface area contributed by atoms with E-state index in [0.29, 0.717) is 5.56 Å². The van der Waals surface area contributed by atoms with Crippen LogP contribution in [0.5, 0.6) is 11.5 Å². The Labute approximate surface area is 170 Å². The summed E-state index contributed by atoms with van der Waals surface area (Å²) >= 11 is 0. The van der Waals surface area contributed by atoms with E-state index < -0.39 is 42.7 Å². The lowest BCUT2D eigenvalue weighted by Crippen LogP contribution is -2.60. The van der Waals surface area contributed by atoms with Gasteiger partial charge < -0.3 is 39.4 Å². The lowest BCUT2D eigenvalue weighted by Gasteiger charge is -2.39. The van der Waals surface area contributed by atoms with Crippen LogP contribution in [0, 0.1) is 0 Å². The fourth-order valence-electron chi connectivity index (χ4n) is 3.37. The SMILES string of the molecule is O=c1c(OC2O[C@H](CO)[C@@H](O)[C@H](O)[C@@H]2O)c(-c2ccccc2)oc2cccc(O)c12. The van der Waals surface area contributed by atoms with Crippen molar-refractivity contribution in [1.29, 1.82) is 0 Å². The van der Waals surface area contributed by atoms with Crippen molar-refractivity contribution in [3.8, 4) is 22.8 Å². The fourth-order valence-corrected chi connectivity index (χ4v) is 3.37. The molecule has 4 rings (SSSR count). The summed E-state index contributed by atoms with van der Waals surface area (Å²) < 4.78 is 16.8. The number of ether oxygens (including phenoxy) is 2. The third-order valence-corrected chi connectivity index (χ3v) is 4.97. The second-order valence-corrected chi connectivity index (χ2v) is 6.92. The van der Waals surface area contributed by atoms with Crippen LogP contribution in [0.15, 0.2) is 57.7 Å². The zero-order valence-electron chi connectivity index (χ0n) is 15.6. The first kappa shape index (κ1) is 20.3. The summed E-state index contributed by atoms with van der Waals surface area (Å²) in [6.07, 6.45) is -7.77. The molecular weight excluding hydrogens is 396 g/mol. The third kappa shape index (κ3) is 3.42. The quantitative estimate of drug-likeness (QED) is 0.406. The van der Waals surface area contributed by atoms with E-state index in [-0.39, 0.29) is 28.2 Å². The zero-order chi connectivity index (χ0) is 21.4. The van der Waals surface area contributed by atoms with Gasteiger partial charge >= 0.3 is 0 Å². The van der Waals surface area contributed by atoms with E-state index in [0.717, 1.165) is 0 Å². The van der Waals surface area contributed by atoms with Crippen molar-refractivity contribution in [2.24, 2.45) is 0 Å². The van der Waals surface area contributed by atoms with Crippen LogP contribution in [0.4, 0.5) is 0 Å². The molecule has 1 aromatic heterocycles. The highest BCUT2D eigenvalue weighted by molar-refractivity contribution is 5.86. The summed E-state index contributed by atoms with van der Waals surface area (Å²) in [5, 5.41) is 49.6. The molecule has 0 radical (unpaired) electrons. The van der Waals surface area contributed by atoms with Crippen LogP contribution in [0.1, 0.15) is 0 Å². The van der Waals surface area contributed by atoms with Gasteiger partial charge in [-0.15, -0.1) is 0 Å². The Morgan fingerprint density at radius 3 is 2.37 bits per heavy atom. The lowest BCUT2D eigenvalue weighted by molar-refractivity contribution is -0.277. The number of hydrogen-bond donors (Lipinski definition) is 5. The molecular formula is C21H20O9. The van der Waals surface area contributed by atoms with E-state index in [1.54, 1.807) is 30.3 Å². The molecule has 9 heteroatoms. The largest absolute Gasteiger partial charge is 0.507 e. The minimum absolute atomic E-state index is 0.0238. The molecule has 0 saturated carbocycles. The summed E-state index contributed by atoms with van der Waals surface area (Å²) in [5.41, 5.74) is -0.107. The van der Waals surface area contributed by atoms with E-state index in [1.165, 1.54) is 18.2 Å². The monoisotopic (exact) mass is 416 g/mol. The van der Waals surface area contributed by atoms with Crippen molar-refractivity contribution >= 4 is 11.0 Å². The molecule has 158 valence electrons. The zero-order valence-corrected chi connectivity index (χ0v) is 15.6. The summed E-state index contributed by atoms with van der Waals surface area (Å²) in [6.45, 7) is -0.649. The molecule has 3 aromatic rings. The molecule has 1 fully saturated rings. The molecule has 5 N–H and O–H groups in total. The molecule has 30 heavy (non-hydrogen) atoms. The van der Waals surface area contributed by atoms with Gasteiger partial charge in [0.1, 0.15) is 41.1 Å². The predicted molar refractivity (Wildman–Crippen MR) is 104 cm³/mol. The number of aromatic hydroxyl groups is 1. The summed E-state index contributed by atoms with van der Waals surface area (Å²) in [6, 6.07) is 12.9. The van der Waals surface area contributed by atoms with Gasteiger partial charge in [-0.05, 0) is 12.1 Å². The first-order chi connectivity index (χ1) is 14.4. The van der Waals surface area contributed by atoms with Crippen LogP contribution in [-0.4, -0.2) is 62.8 Å². The average molecular weight is 416 g/mol. The van der Waals surface area contributed by atoms with Crippen LogP contribution < -0.4 is 10.2 Å². The van der Waals surface area contributed by atoms with Gasteiger partial charge in [-0.1, -0.05) is 36.4 Å². The Kier molecular flexibility index (Phi) is 5.46. The Bertz CT molecular complexity index is 1090. The summed E-state index contributed by atoms with van der Waals surface area (Å²) in [4.78, 5) is 13.2. The highest BCUT2D eigenvalue weighted by Gasteiger charge is 2.45. The highest BCUT2D eigenvalue weighted by Crippen LogP contribution is 2.35. The van der Waals surface area contributed by atoms with E-state index in [4.69, 9.17) is 13.9 Å². The maximum atomic E-state index is 13.2. The van der Waals surface area contributed by atoms with Crippen molar-refractivity contribution in [3.05, 3.63) is 58.8 Å². The molecule has 5 atom stereocenters. The van der Waals surface area contributed by atoms with Crippen molar-refractivity contribution in [1.82, 2.24) is 0 Å². The number of fused-ring (bicyclic) bond motifs is 1. The second kappa shape index (κ2) is 8.05. The van der Waals surface area contributed by atoms with Gasteiger partial charge in [0.05, 0.1) is 6.61 Å². The van der Waals surface area contributed by atoms with E-state index >= 15 is 0 Å².